The minimum Gasteiger partial charge on any atom is -0.436 e. The highest BCUT2D eigenvalue weighted by molar-refractivity contribution is 6.03. The van der Waals surface area contributed by atoms with Crippen molar-refractivity contribution in [2.24, 2.45) is 0 Å². The second kappa shape index (κ2) is 8.01. The third-order valence-corrected chi connectivity index (χ3v) is 5.26. The molecule has 32 heavy (non-hydrogen) atoms. The maximum Gasteiger partial charge on any atom is 0.293 e. The molecule has 1 aliphatic rings. The molecule has 4 aromatic rings. The molecule has 0 spiro atoms. The van der Waals surface area contributed by atoms with Crippen molar-refractivity contribution in [1.82, 2.24) is 19.9 Å². The Morgan fingerprint density at radius 3 is 2.84 bits per heavy atom. The summed E-state index contributed by atoms with van der Waals surface area (Å²) >= 11 is 0. The van der Waals surface area contributed by atoms with Crippen LogP contribution in [0.5, 0.6) is 0 Å². The highest BCUT2D eigenvalue weighted by Crippen LogP contribution is 2.28. The van der Waals surface area contributed by atoms with Gasteiger partial charge in [0, 0.05) is 18.8 Å². The zero-order valence-electron chi connectivity index (χ0n) is 17.5. The number of amides is 1. The molecule has 1 aliphatic heterocycles. The van der Waals surface area contributed by atoms with Crippen LogP contribution in [0.2, 0.25) is 0 Å². The molecule has 1 aromatic carbocycles. The number of H-pyrrole nitrogens is 1. The summed E-state index contributed by atoms with van der Waals surface area (Å²) in [7, 11) is 0. The summed E-state index contributed by atoms with van der Waals surface area (Å²) in [4.78, 5) is 28.6. The van der Waals surface area contributed by atoms with Crippen LogP contribution in [-0.4, -0.2) is 39.1 Å². The molecule has 3 aromatic heterocycles. The molecule has 0 bridgehead atoms. The lowest BCUT2D eigenvalue weighted by Crippen LogP contribution is -2.12. The number of imidazole rings is 1. The lowest BCUT2D eigenvalue weighted by molar-refractivity contribution is 0.0994. The molecule has 0 aliphatic carbocycles. The Labute approximate surface area is 182 Å². The normalized spacial score (nSPS) is 13.9. The topological polar surface area (TPSA) is 106 Å². The summed E-state index contributed by atoms with van der Waals surface area (Å²) in [6.45, 7) is 4.61. The van der Waals surface area contributed by atoms with E-state index in [9.17, 15) is 9.18 Å². The fourth-order valence-electron chi connectivity index (χ4n) is 3.71. The quantitative estimate of drug-likeness (QED) is 0.493. The number of carbonyl (C=O) groups excluding carboxylic acids is 1. The number of benzene rings is 1. The highest BCUT2D eigenvalue weighted by Gasteiger charge is 2.18. The van der Waals surface area contributed by atoms with E-state index in [0.29, 0.717) is 47.5 Å². The molecule has 0 fully saturated rings. The number of fused-ring (bicyclic) bond motifs is 1. The Morgan fingerprint density at radius 2 is 2.09 bits per heavy atom. The van der Waals surface area contributed by atoms with Gasteiger partial charge in [-0.1, -0.05) is 6.08 Å². The molecule has 9 heteroatoms. The van der Waals surface area contributed by atoms with Gasteiger partial charge in [-0.3, -0.25) is 4.79 Å². The van der Waals surface area contributed by atoms with Crippen LogP contribution in [0.25, 0.3) is 28.1 Å². The van der Waals surface area contributed by atoms with Crippen molar-refractivity contribution in [1.29, 1.82) is 0 Å². The Bertz CT molecular complexity index is 1370. The zero-order chi connectivity index (χ0) is 22.2. The number of hydrogen-bond donors (Lipinski definition) is 2. The van der Waals surface area contributed by atoms with Gasteiger partial charge in [-0.15, -0.1) is 0 Å². The average Bonchev–Trinajstić information content (AvgIpc) is 3.37. The minimum atomic E-state index is -0.471. The van der Waals surface area contributed by atoms with Crippen LogP contribution in [0.4, 0.5) is 10.1 Å². The second-order valence-corrected chi connectivity index (χ2v) is 7.53. The fraction of sp³-hybridized carbons (Fsp3) is 0.217. The summed E-state index contributed by atoms with van der Waals surface area (Å²) in [5.74, 6) is -0.0809. The van der Waals surface area contributed by atoms with E-state index >= 15 is 0 Å². The van der Waals surface area contributed by atoms with Crippen molar-refractivity contribution in [2.45, 2.75) is 20.3 Å². The van der Waals surface area contributed by atoms with E-state index in [2.05, 4.69) is 25.3 Å². The van der Waals surface area contributed by atoms with Crippen LogP contribution in [-0.2, 0) is 4.74 Å². The van der Waals surface area contributed by atoms with Gasteiger partial charge in [-0.25, -0.2) is 19.3 Å². The number of nitrogens with one attached hydrogen (secondary N) is 2. The van der Waals surface area contributed by atoms with Gasteiger partial charge >= 0.3 is 0 Å². The number of halogens is 1. The van der Waals surface area contributed by atoms with E-state index in [1.165, 1.54) is 18.2 Å². The standard InChI is InChI=1S/C23H20FN5O3/c1-12-20(32-13(2)26-12)23(30)27-16-3-4-18(24)17(10-16)21-28-19-9-15(11-25-22(19)29-21)14-5-7-31-8-6-14/h3-5,9-11H,6-8H2,1-2H3,(H,27,30)(H,25,28,29). The van der Waals surface area contributed by atoms with Crippen LogP contribution in [0.3, 0.4) is 0 Å². The van der Waals surface area contributed by atoms with Crippen LogP contribution in [0.1, 0.15) is 34.1 Å². The monoisotopic (exact) mass is 433 g/mol. The molecule has 0 unspecified atom stereocenters. The number of rotatable bonds is 4. The van der Waals surface area contributed by atoms with Crippen LogP contribution in [0.15, 0.2) is 41.0 Å². The number of aryl methyl sites for hydroxylation is 2. The number of aromatic amines is 1. The SMILES string of the molecule is Cc1nc(C)c(C(=O)Nc2ccc(F)c(-c3nc4ncc(C5=CCOCC5)cc4[nH]3)c2)o1. The molecule has 8 nitrogen and oxygen atoms in total. The molecule has 0 atom stereocenters. The van der Waals surface area contributed by atoms with E-state index < -0.39 is 11.7 Å². The van der Waals surface area contributed by atoms with E-state index in [1.807, 2.05) is 12.1 Å². The summed E-state index contributed by atoms with van der Waals surface area (Å²) < 4.78 is 25.3. The van der Waals surface area contributed by atoms with Crippen molar-refractivity contribution in [3.63, 3.8) is 0 Å². The molecule has 0 saturated carbocycles. The van der Waals surface area contributed by atoms with Crippen molar-refractivity contribution < 1.29 is 18.3 Å². The van der Waals surface area contributed by atoms with Gasteiger partial charge in [0.05, 0.1) is 30.0 Å². The molecular formula is C23H20FN5O3. The van der Waals surface area contributed by atoms with Gasteiger partial charge in [-0.05, 0) is 48.7 Å². The predicted molar refractivity (Wildman–Crippen MR) is 117 cm³/mol. The first-order valence-corrected chi connectivity index (χ1v) is 10.2. The first kappa shape index (κ1) is 20.1. The van der Waals surface area contributed by atoms with E-state index in [-0.39, 0.29) is 11.3 Å². The Balaban J connectivity index is 1.45. The minimum absolute atomic E-state index is 0.122. The van der Waals surface area contributed by atoms with E-state index in [4.69, 9.17) is 9.15 Å². The summed E-state index contributed by atoms with van der Waals surface area (Å²) in [6, 6.07) is 6.23. The van der Waals surface area contributed by atoms with Gasteiger partial charge < -0.3 is 19.5 Å². The summed E-state index contributed by atoms with van der Waals surface area (Å²) in [5.41, 5.74) is 4.44. The Hall–Kier alpha value is -3.85. The fourth-order valence-corrected chi connectivity index (χ4v) is 3.71. The van der Waals surface area contributed by atoms with Gasteiger partial charge in [0.25, 0.3) is 5.91 Å². The molecule has 4 heterocycles. The van der Waals surface area contributed by atoms with Crippen molar-refractivity contribution in [3.05, 3.63) is 65.3 Å². The van der Waals surface area contributed by atoms with Crippen LogP contribution < -0.4 is 5.32 Å². The summed E-state index contributed by atoms with van der Waals surface area (Å²) in [6.07, 6.45) is 4.61. The lowest BCUT2D eigenvalue weighted by atomic mass is 10.0. The maximum atomic E-state index is 14.6. The van der Waals surface area contributed by atoms with Crippen molar-refractivity contribution in [3.8, 4) is 11.4 Å². The second-order valence-electron chi connectivity index (χ2n) is 7.53. The number of carbonyl (C=O) groups is 1. The third kappa shape index (κ3) is 3.78. The molecule has 0 radical (unpaired) electrons. The molecule has 0 saturated heterocycles. The smallest absolute Gasteiger partial charge is 0.293 e. The lowest BCUT2D eigenvalue weighted by Gasteiger charge is -2.13. The summed E-state index contributed by atoms with van der Waals surface area (Å²) in [5, 5.41) is 2.72. The Morgan fingerprint density at radius 1 is 1.22 bits per heavy atom. The van der Waals surface area contributed by atoms with Crippen LogP contribution >= 0.6 is 0 Å². The van der Waals surface area contributed by atoms with Gasteiger partial charge in [-0.2, -0.15) is 0 Å². The van der Waals surface area contributed by atoms with Crippen molar-refractivity contribution in [2.75, 3.05) is 18.5 Å². The Kier molecular flexibility index (Phi) is 5.02. The number of pyridine rings is 1. The number of ether oxygens (including phenoxy) is 1. The van der Waals surface area contributed by atoms with E-state index in [0.717, 1.165) is 17.6 Å². The van der Waals surface area contributed by atoms with E-state index in [1.54, 1.807) is 20.0 Å². The molecule has 1 amide bonds. The number of anilines is 1. The van der Waals surface area contributed by atoms with Gasteiger partial charge in [0.1, 0.15) is 11.6 Å². The molecule has 2 N–H and O–H groups in total. The molecule has 162 valence electrons. The number of aromatic nitrogens is 4. The first-order valence-electron chi connectivity index (χ1n) is 10.2. The highest BCUT2D eigenvalue weighted by atomic mass is 19.1. The van der Waals surface area contributed by atoms with Crippen molar-refractivity contribution >= 4 is 28.3 Å². The third-order valence-electron chi connectivity index (χ3n) is 5.26. The molecule has 5 rings (SSSR count). The maximum absolute atomic E-state index is 14.6. The number of oxazole rings is 1. The largest absolute Gasteiger partial charge is 0.436 e. The average molecular weight is 433 g/mol. The first-order chi connectivity index (χ1) is 15.5. The molecular weight excluding hydrogens is 413 g/mol. The number of nitrogens with zero attached hydrogens (tertiary/aromatic N) is 3. The zero-order valence-corrected chi connectivity index (χ0v) is 17.5. The van der Waals surface area contributed by atoms with Gasteiger partial charge in [0.15, 0.2) is 11.5 Å². The number of hydrogen-bond acceptors (Lipinski definition) is 6. The predicted octanol–water partition coefficient (Wildman–Crippen LogP) is 4.42. The van der Waals surface area contributed by atoms with Gasteiger partial charge in [0.2, 0.25) is 5.76 Å². The van der Waals surface area contributed by atoms with Crippen LogP contribution in [0, 0.1) is 19.7 Å².